The van der Waals surface area contributed by atoms with Crippen molar-refractivity contribution in [2.75, 3.05) is 0 Å². The van der Waals surface area contributed by atoms with Gasteiger partial charge in [0.15, 0.2) is 5.82 Å². The number of hydrogen-bond acceptors (Lipinski definition) is 4. The molecule has 0 atom stereocenters. The maximum atomic E-state index is 5.13. The van der Waals surface area contributed by atoms with Crippen LogP contribution in [0.15, 0.2) is 115 Å². The lowest BCUT2D eigenvalue weighted by Crippen LogP contribution is -1.93. The maximum Gasteiger partial charge on any atom is 0.160 e. The highest BCUT2D eigenvalue weighted by atomic mass is 32.1. The molecule has 3 aromatic heterocycles. The Bertz CT molecular complexity index is 2170. The first-order chi connectivity index (χ1) is 19.2. The number of aryl methyl sites for hydroxylation is 1. The molecule has 0 unspecified atom stereocenters. The number of aromatic nitrogens is 2. The van der Waals surface area contributed by atoms with Crippen molar-refractivity contribution in [2.45, 2.75) is 6.92 Å². The fourth-order valence-corrected chi connectivity index (χ4v) is 7.95. The third-order valence-electron chi connectivity index (χ3n) is 7.45. The Balaban J connectivity index is 1.31. The number of nitrogens with zero attached hydrogens (tertiary/aromatic N) is 2. The molecule has 39 heavy (non-hydrogen) atoms. The molecular formula is C35H22N2S2. The highest BCUT2D eigenvalue weighted by molar-refractivity contribution is 7.26. The molecule has 0 fully saturated rings. The van der Waals surface area contributed by atoms with E-state index >= 15 is 0 Å². The van der Waals surface area contributed by atoms with Crippen molar-refractivity contribution in [1.82, 2.24) is 9.97 Å². The van der Waals surface area contributed by atoms with Crippen LogP contribution in [0.3, 0.4) is 0 Å². The van der Waals surface area contributed by atoms with E-state index in [-0.39, 0.29) is 0 Å². The predicted molar refractivity (Wildman–Crippen MR) is 169 cm³/mol. The fourth-order valence-electron chi connectivity index (χ4n) is 5.59. The summed E-state index contributed by atoms with van der Waals surface area (Å²) in [5, 5.41) is 3.89. The molecule has 0 saturated carbocycles. The van der Waals surface area contributed by atoms with Crippen LogP contribution in [0.4, 0.5) is 0 Å². The van der Waals surface area contributed by atoms with Crippen molar-refractivity contribution in [1.29, 1.82) is 0 Å². The highest BCUT2D eigenvalue weighted by Gasteiger charge is 2.17. The van der Waals surface area contributed by atoms with E-state index < -0.39 is 0 Å². The molecule has 8 rings (SSSR count). The van der Waals surface area contributed by atoms with E-state index in [9.17, 15) is 0 Å². The van der Waals surface area contributed by atoms with Gasteiger partial charge in [0.25, 0.3) is 0 Å². The average Bonchev–Trinajstić information content (AvgIpc) is 3.56. The average molecular weight is 535 g/mol. The summed E-state index contributed by atoms with van der Waals surface area (Å²) in [4.78, 5) is 10.3. The molecule has 184 valence electrons. The van der Waals surface area contributed by atoms with Gasteiger partial charge < -0.3 is 0 Å². The van der Waals surface area contributed by atoms with Crippen molar-refractivity contribution >= 4 is 63.1 Å². The molecule has 0 aliphatic heterocycles. The molecule has 0 spiro atoms. The zero-order valence-electron chi connectivity index (χ0n) is 21.2. The van der Waals surface area contributed by atoms with Crippen LogP contribution < -0.4 is 0 Å². The number of thiophene rings is 2. The summed E-state index contributed by atoms with van der Waals surface area (Å²) in [5.41, 5.74) is 7.94. The Morgan fingerprint density at radius 2 is 1.21 bits per heavy atom. The summed E-state index contributed by atoms with van der Waals surface area (Å²) >= 11 is 3.63. The van der Waals surface area contributed by atoms with Crippen molar-refractivity contribution in [3.8, 4) is 33.8 Å². The molecule has 0 bridgehead atoms. The summed E-state index contributed by atoms with van der Waals surface area (Å²) in [6, 6.07) is 41.0. The van der Waals surface area contributed by atoms with E-state index in [4.69, 9.17) is 9.97 Å². The largest absolute Gasteiger partial charge is 0.226 e. The van der Waals surface area contributed by atoms with Gasteiger partial charge in [-0.25, -0.2) is 9.97 Å². The van der Waals surface area contributed by atoms with Crippen molar-refractivity contribution in [3.63, 3.8) is 0 Å². The lowest BCUT2D eigenvalue weighted by Gasteiger charge is -2.09. The first-order valence-corrected chi connectivity index (χ1v) is 14.6. The van der Waals surface area contributed by atoms with Crippen LogP contribution in [-0.2, 0) is 0 Å². The first-order valence-electron chi connectivity index (χ1n) is 13.0. The number of benzene rings is 5. The van der Waals surface area contributed by atoms with Crippen LogP contribution in [0.5, 0.6) is 0 Å². The number of hydrogen-bond donors (Lipinski definition) is 0. The molecule has 3 heterocycles. The monoisotopic (exact) mass is 534 g/mol. The maximum absolute atomic E-state index is 5.13. The van der Waals surface area contributed by atoms with Gasteiger partial charge in [0, 0.05) is 41.4 Å². The summed E-state index contributed by atoms with van der Waals surface area (Å²) in [6.07, 6.45) is 0. The molecule has 0 aliphatic rings. The second-order valence-corrected chi connectivity index (χ2v) is 12.0. The van der Waals surface area contributed by atoms with Gasteiger partial charge in [0.1, 0.15) is 0 Å². The third kappa shape index (κ3) is 3.60. The minimum atomic E-state index is 0.756. The summed E-state index contributed by atoms with van der Waals surface area (Å²) in [7, 11) is 0. The van der Waals surface area contributed by atoms with Crippen LogP contribution in [0.2, 0.25) is 0 Å². The van der Waals surface area contributed by atoms with Crippen LogP contribution in [0.25, 0.3) is 74.2 Å². The predicted octanol–water partition coefficient (Wildman–Crippen LogP) is 10.5. The minimum Gasteiger partial charge on any atom is -0.226 e. The van der Waals surface area contributed by atoms with Crippen molar-refractivity contribution in [3.05, 3.63) is 121 Å². The highest BCUT2D eigenvalue weighted by Crippen LogP contribution is 2.42. The zero-order chi connectivity index (χ0) is 25.9. The third-order valence-corrected chi connectivity index (χ3v) is 9.74. The summed E-state index contributed by atoms with van der Waals surface area (Å²) in [5.74, 6) is 0.756. The fraction of sp³-hybridized carbons (Fsp3) is 0.0286. The van der Waals surface area contributed by atoms with Gasteiger partial charge in [0.2, 0.25) is 0 Å². The lowest BCUT2D eigenvalue weighted by molar-refractivity contribution is 1.24. The number of fused-ring (bicyclic) bond motifs is 6. The first kappa shape index (κ1) is 22.6. The van der Waals surface area contributed by atoms with Crippen molar-refractivity contribution in [2.24, 2.45) is 0 Å². The molecule has 0 amide bonds. The Labute approximate surface area is 233 Å². The smallest absolute Gasteiger partial charge is 0.160 e. The van der Waals surface area contributed by atoms with Gasteiger partial charge in [-0.2, -0.15) is 0 Å². The Morgan fingerprint density at radius 3 is 2.05 bits per heavy atom. The van der Waals surface area contributed by atoms with E-state index in [2.05, 4.69) is 116 Å². The van der Waals surface area contributed by atoms with Crippen LogP contribution in [0, 0.1) is 6.92 Å². The Morgan fingerprint density at radius 1 is 0.513 bits per heavy atom. The van der Waals surface area contributed by atoms with Crippen molar-refractivity contribution < 1.29 is 0 Å². The Kier molecular flexibility index (Phi) is 5.12. The van der Waals surface area contributed by atoms with E-state index in [1.165, 1.54) is 46.9 Å². The SMILES string of the molecule is Cc1cccc2sc3cccc(-c4ccc(-c5nc(-c6ccccc6)c6sc7ccccc7c6n5)cc4)c3c12. The summed E-state index contributed by atoms with van der Waals surface area (Å²) in [6.45, 7) is 2.21. The van der Waals surface area contributed by atoms with E-state index in [1.807, 2.05) is 17.4 Å². The second-order valence-electron chi connectivity index (χ2n) is 9.84. The molecule has 5 aromatic carbocycles. The van der Waals surface area contributed by atoms with Crippen LogP contribution in [-0.4, -0.2) is 9.97 Å². The molecule has 0 radical (unpaired) electrons. The van der Waals surface area contributed by atoms with Gasteiger partial charge >= 0.3 is 0 Å². The van der Waals surface area contributed by atoms with Gasteiger partial charge in [0.05, 0.1) is 15.9 Å². The lowest BCUT2D eigenvalue weighted by atomic mass is 9.97. The van der Waals surface area contributed by atoms with Gasteiger partial charge in [-0.1, -0.05) is 97.1 Å². The van der Waals surface area contributed by atoms with Crippen LogP contribution >= 0.6 is 22.7 Å². The molecule has 0 N–H and O–H groups in total. The molecule has 0 aliphatic carbocycles. The Hall–Kier alpha value is -4.38. The van der Waals surface area contributed by atoms with Gasteiger partial charge in [-0.05, 0) is 41.8 Å². The topological polar surface area (TPSA) is 25.8 Å². The van der Waals surface area contributed by atoms with Gasteiger partial charge in [-0.3, -0.25) is 0 Å². The second kappa shape index (κ2) is 8.84. The molecule has 8 aromatic rings. The number of rotatable bonds is 3. The molecule has 2 nitrogen and oxygen atoms in total. The zero-order valence-corrected chi connectivity index (χ0v) is 22.8. The molecule has 0 saturated heterocycles. The summed E-state index contributed by atoms with van der Waals surface area (Å²) < 4.78 is 5.03. The molecular weight excluding hydrogens is 513 g/mol. The standard InChI is InChI=1S/C35H22N2S2/c1-21-9-7-15-28-30(21)31-25(13-8-16-29(31)38-28)22-17-19-24(20-18-22)35-36-32(23-10-3-2-4-11-23)34-33(37-35)26-12-5-6-14-27(26)39-34/h2-20H,1H3. The van der Waals surface area contributed by atoms with Gasteiger partial charge in [-0.15, -0.1) is 22.7 Å². The molecule has 4 heteroatoms. The van der Waals surface area contributed by atoms with E-state index in [1.54, 1.807) is 11.3 Å². The normalized spacial score (nSPS) is 11.7. The van der Waals surface area contributed by atoms with Crippen LogP contribution in [0.1, 0.15) is 5.56 Å². The quantitative estimate of drug-likeness (QED) is 0.225. The minimum absolute atomic E-state index is 0.756. The van der Waals surface area contributed by atoms with E-state index in [0.29, 0.717) is 0 Å². The van der Waals surface area contributed by atoms with E-state index in [0.717, 1.165) is 32.9 Å².